The van der Waals surface area contributed by atoms with Crippen LogP contribution in [0.4, 0.5) is 5.69 Å². The Labute approximate surface area is 162 Å². The average Bonchev–Trinajstić information content (AvgIpc) is 3.19. The van der Waals surface area contributed by atoms with Crippen LogP contribution in [0.3, 0.4) is 0 Å². The van der Waals surface area contributed by atoms with Gasteiger partial charge in [0.2, 0.25) is 0 Å². The molecule has 1 atom stereocenters. The average molecular weight is 370 g/mol. The summed E-state index contributed by atoms with van der Waals surface area (Å²) in [5.74, 6) is 2.48. The molecule has 1 unspecified atom stereocenters. The van der Waals surface area contributed by atoms with E-state index in [1.807, 2.05) is 36.4 Å². The van der Waals surface area contributed by atoms with E-state index in [9.17, 15) is 0 Å². The number of nitrogens with one attached hydrogen (secondary N) is 1. The SMILES string of the molecule is CC(C)CCOc1cccc(CNc2ccc(OCC3CCCO3)cc2)c1. The highest BCUT2D eigenvalue weighted by atomic mass is 16.5. The normalized spacial score (nSPS) is 16.5. The molecular weight excluding hydrogens is 338 g/mol. The number of ether oxygens (including phenoxy) is 3. The van der Waals surface area contributed by atoms with Gasteiger partial charge in [-0.05, 0) is 67.1 Å². The Morgan fingerprint density at radius 2 is 1.93 bits per heavy atom. The second-order valence-electron chi connectivity index (χ2n) is 7.50. The van der Waals surface area contributed by atoms with Crippen LogP contribution in [0.25, 0.3) is 0 Å². The first kappa shape index (κ1) is 19.6. The Morgan fingerprint density at radius 1 is 1.07 bits per heavy atom. The molecule has 27 heavy (non-hydrogen) atoms. The molecular formula is C23H31NO3. The second-order valence-corrected chi connectivity index (χ2v) is 7.50. The maximum atomic E-state index is 5.84. The molecule has 0 saturated carbocycles. The van der Waals surface area contributed by atoms with Crippen molar-refractivity contribution in [1.29, 1.82) is 0 Å². The van der Waals surface area contributed by atoms with Crippen molar-refractivity contribution >= 4 is 5.69 Å². The van der Waals surface area contributed by atoms with Crippen molar-refractivity contribution in [1.82, 2.24) is 0 Å². The van der Waals surface area contributed by atoms with Gasteiger partial charge in [-0.3, -0.25) is 0 Å². The molecule has 4 nitrogen and oxygen atoms in total. The van der Waals surface area contributed by atoms with Crippen LogP contribution < -0.4 is 14.8 Å². The van der Waals surface area contributed by atoms with E-state index in [0.717, 1.165) is 56.2 Å². The lowest BCUT2D eigenvalue weighted by Gasteiger charge is -2.13. The van der Waals surface area contributed by atoms with Crippen LogP contribution in [0.5, 0.6) is 11.5 Å². The van der Waals surface area contributed by atoms with Gasteiger partial charge in [0.05, 0.1) is 12.7 Å². The first-order valence-electron chi connectivity index (χ1n) is 9.99. The summed E-state index contributed by atoms with van der Waals surface area (Å²) in [5.41, 5.74) is 2.28. The molecule has 3 rings (SSSR count). The van der Waals surface area contributed by atoms with Crippen LogP contribution in [0.2, 0.25) is 0 Å². The number of anilines is 1. The van der Waals surface area contributed by atoms with Gasteiger partial charge in [0.25, 0.3) is 0 Å². The monoisotopic (exact) mass is 369 g/mol. The van der Waals surface area contributed by atoms with Crippen LogP contribution in [-0.4, -0.2) is 25.9 Å². The standard InChI is InChI=1S/C23H31NO3/c1-18(2)12-14-26-22-6-3-5-19(15-22)16-24-20-8-10-21(11-9-20)27-17-23-7-4-13-25-23/h3,5-6,8-11,15,18,23-24H,4,7,12-14,16-17H2,1-2H3. The van der Waals surface area contributed by atoms with Gasteiger partial charge in [-0.25, -0.2) is 0 Å². The van der Waals surface area contributed by atoms with Crippen LogP contribution in [-0.2, 0) is 11.3 Å². The van der Waals surface area contributed by atoms with Crippen molar-refractivity contribution in [3.8, 4) is 11.5 Å². The van der Waals surface area contributed by atoms with Gasteiger partial charge in [0, 0.05) is 18.8 Å². The number of benzene rings is 2. The van der Waals surface area contributed by atoms with Gasteiger partial charge in [-0.2, -0.15) is 0 Å². The van der Waals surface area contributed by atoms with E-state index in [1.165, 1.54) is 5.56 Å². The van der Waals surface area contributed by atoms with Gasteiger partial charge < -0.3 is 19.5 Å². The Balaban J connectivity index is 1.43. The van der Waals surface area contributed by atoms with Crippen molar-refractivity contribution in [3.05, 3.63) is 54.1 Å². The molecule has 146 valence electrons. The van der Waals surface area contributed by atoms with Crippen molar-refractivity contribution in [3.63, 3.8) is 0 Å². The van der Waals surface area contributed by atoms with Gasteiger partial charge in [0.15, 0.2) is 0 Å². The molecule has 1 heterocycles. The van der Waals surface area contributed by atoms with Crippen LogP contribution in [0.15, 0.2) is 48.5 Å². The van der Waals surface area contributed by atoms with Gasteiger partial charge >= 0.3 is 0 Å². The van der Waals surface area contributed by atoms with Crippen LogP contribution >= 0.6 is 0 Å². The highest BCUT2D eigenvalue weighted by Gasteiger charge is 2.15. The summed E-state index contributed by atoms with van der Waals surface area (Å²) in [6.45, 7) is 7.45. The zero-order chi connectivity index (χ0) is 18.9. The van der Waals surface area contributed by atoms with E-state index in [0.29, 0.717) is 12.5 Å². The van der Waals surface area contributed by atoms with Gasteiger partial charge in [-0.15, -0.1) is 0 Å². The summed E-state index contributed by atoms with van der Waals surface area (Å²) >= 11 is 0. The lowest BCUT2D eigenvalue weighted by molar-refractivity contribution is 0.0679. The number of hydrogen-bond acceptors (Lipinski definition) is 4. The quantitative estimate of drug-likeness (QED) is 0.618. The highest BCUT2D eigenvalue weighted by Crippen LogP contribution is 2.20. The molecule has 0 bridgehead atoms. The summed E-state index contributed by atoms with van der Waals surface area (Å²) in [6.07, 6.45) is 3.56. The molecule has 2 aromatic rings. The van der Waals surface area contributed by atoms with E-state index in [2.05, 4.69) is 31.3 Å². The Bertz CT molecular complexity index is 678. The topological polar surface area (TPSA) is 39.7 Å². The third-order valence-electron chi connectivity index (χ3n) is 4.67. The largest absolute Gasteiger partial charge is 0.494 e. The molecule has 1 fully saturated rings. The predicted molar refractivity (Wildman–Crippen MR) is 110 cm³/mol. The minimum absolute atomic E-state index is 0.248. The smallest absolute Gasteiger partial charge is 0.119 e. The molecule has 0 radical (unpaired) electrons. The predicted octanol–water partition coefficient (Wildman–Crippen LogP) is 5.28. The second kappa shape index (κ2) is 10.2. The van der Waals surface area contributed by atoms with E-state index < -0.39 is 0 Å². The molecule has 0 aliphatic carbocycles. The summed E-state index contributed by atoms with van der Waals surface area (Å²) in [6, 6.07) is 16.4. The minimum Gasteiger partial charge on any atom is -0.494 e. The number of hydrogen-bond donors (Lipinski definition) is 1. The summed E-state index contributed by atoms with van der Waals surface area (Å²) in [4.78, 5) is 0. The molecule has 4 heteroatoms. The molecule has 1 aliphatic heterocycles. The maximum absolute atomic E-state index is 5.84. The van der Waals surface area contributed by atoms with Crippen LogP contribution in [0.1, 0.15) is 38.7 Å². The zero-order valence-electron chi connectivity index (χ0n) is 16.4. The summed E-state index contributed by atoms with van der Waals surface area (Å²) < 4.78 is 17.2. The Kier molecular flexibility index (Phi) is 7.40. The zero-order valence-corrected chi connectivity index (χ0v) is 16.4. The fraction of sp³-hybridized carbons (Fsp3) is 0.478. The van der Waals surface area contributed by atoms with Crippen molar-refractivity contribution in [2.24, 2.45) is 5.92 Å². The van der Waals surface area contributed by atoms with E-state index in [1.54, 1.807) is 0 Å². The van der Waals surface area contributed by atoms with Crippen LogP contribution in [0, 0.1) is 5.92 Å². The number of rotatable bonds is 10. The Hall–Kier alpha value is -2.20. The lowest BCUT2D eigenvalue weighted by atomic mass is 10.1. The fourth-order valence-corrected chi connectivity index (χ4v) is 3.00. The fourth-order valence-electron chi connectivity index (χ4n) is 3.00. The first-order valence-corrected chi connectivity index (χ1v) is 9.99. The molecule has 1 aliphatic rings. The molecule has 1 saturated heterocycles. The first-order chi connectivity index (χ1) is 13.2. The van der Waals surface area contributed by atoms with Crippen molar-refractivity contribution in [2.45, 2.75) is 45.8 Å². The lowest BCUT2D eigenvalue weighted by Crippen LogP contribution is -2.16. The van der Waals surface area contributed by atoms with Gasteiger partial charge in [0.1, 0.15) is 18.1 Å². The molecule has 2 aromatic carbocycles. The maximum Gasteiger partial charge on any atom is 0.119 e. The van der Waals surface area contributed by atoms with E-state index in [4.69, 9.17) is 14.2 Å². The molecule has 0 amide bonds. The van der Waals surface area contributed by atoms with Gasteiger partial charge in [-0.1, -0.05) is 26.0 Å². The summed E-state index contributed by atoms with van der Waals surface area (Å²) in [5, 5.41) is 3.45. The van der Waals surface area contributed by atoms with Crippen molar-refractivity contribution in [2.75, 3.05) is 25.1 Å². The molecule has 1 N–H and O–H groups in total. The third-order valence-corrected chi connectivity index (χ3v) is 4.67. The summed E-state index contributed by atoms with van der Waals surface area (Å²) in [7, 11) is 0. The Morgan fingerprint density at radius 3 is 2.67 bits per heavy atom. The minimum atomic E-state index is 0.248. The van der Waals surface area contributed by atoms with Crippen molar-refractivity contribution < 1.29 is 14.2 Å². The molecule has 0 aromatic heterocycles. The van der Waals surface area contributed by atoms with E-state index in [-0.39, 0.29) is 6.10 Å². The molecule has 0 spiro atoms. The highest BCUT2D eigenvalue weighted by molar-refractivity contribution is 5.47. The third kappa shape index (κ3) is 6.79. The van der Waals surface area contributed by atoms with E-state index >= 15 is 0 Å².